The summed E-state index contributed by atoms with van der Waals surface area (Å²) >= 11 is 0. The van der Waals surface area contributed by atoms with Crippen LogP contribution in [0.1, 0.15) is 22.3 Å². The standard InChI is InChI=1S/C10H12O3/c11-6-2-4-8-3-1-5-10(13)9(8)7-12/h1,3,5,7,11,13H,2,4,6H2. The summed E-state index contributed by atoms with van der Waals surface area (Å²) in [6.07, 6.45) is 1.85. The molecule has 3 nitrogen and oxygen atoms in total. The Morgan fingerprint density at radius 2 is 2.15 bits per heavy atom. The van der Waals surface area contributed by atoms with Crippen LogP contribution in [0.3, 0.4) is 0 Å². The summed E-state index contributed by atoms with van der Waals surface area (Å²) in [5.74, 6) is 0.00504. The molecule has 0 radical (unpaired) electrons. The van der Waals surface area contributed by atoms with E-state index in [1.54, 1.807) is 12.1 Å². The summed E-state index contributed by atoms with van der Waals surface area (Å²) in [5, 5.41) is 17.9. The van der Waals surface area contributed by atoms with Crippen LogP contribution in [0.2, 0.25) is 0 Å². The molecule has 0 aromatic heterocycles. The van der Waals surface area contributed by atoms with E-state index in [-0.39, 0.29) is 12.4 Å². The molecule has 0 aliphatic heterocycles. The molecule has 0 fully saturated rings. The second-order valence-electron chi connectivity index (χ2n) is 2.79. The lowest BCUT2D eigenvalue weighted by Crippen LogP contribution is -1.95. The summed E-state index contributed by atoms with van der Waals surface area (Å²) in [5.41, 5.74) is 1.11. The number of aliphatic hydroxyl groups is 1. The summed E-state index contributed by atoms with van der Waals surface area (Å²) in [4.78, 5) is 10.6. The molecular weight excluding hydrogens is 168 g/mol. The van der Waals surface area contributed by atoms with Gasteiger partial charge >= 0.3 is 0 Å². The van der Waals surface area contributed by atoms with Crippen molar-refractivity contribution in [3.8, 4) is 5.75 Å². The Kier molecular flexibility index (Phi) is 3.46. The maximum absolute atomic E-state index is 10.6. The predicted octanol–water partition coefficient (Wildman–Crippen LogP) is 1.13. The number of hydrogen-bond donors (Lipinski definition) is 2. The van der Waals surface area contributed by atoms with E-state index >= 15 is 0 Å². The van der Waals surface area contributed by atoms with Gasteiger partial charge in [0.15, 0.2) is 6.29 Å². The van der Waals surface area contributed by atoms with Gasteiger partial charge in [0, 0.05) is 6.61 Å². The van der Waals surface area contributed by atoms with E-state index in [0.717, 1.165) is 5.56 Å². The maximum Gasteiger partial charge on any atom is 0.154 e. The van der Waals surface area contributed by atoms with Crippen LogP contribution >= 0.6 is 0 Å². The van der Waals surface area contributed by atoms with Gasteiger partial charge in [0.05, 0.1) is 5.56 Å². The molecule has 70 valence electrons. The Bertz CT molecular complexity index is 294. The monoisotopic (exact) mass is 180 g/mol. The molecule has 0 saturated carbocycles. The van der Waals surface area contributed by atoms with Crippen LogP contribution in [-0.4, -0.2) is 23.1 Å². The lowest BCUT2D eigenvalue weighted by Gasteiger charge is -2.04. The lowest BCUT2D eigenvalue weighted by atomic mass is 10.0. The van der Waals surface area contributed by atoms with E-state index in [1.165, 1.54) is 6.07 Å². The first-order chi connectivity index (χ1) is 6.29. The molecule has 0 bridgehead atoms. The van der Waals surface area contributed by atoms with Gasteiger partial charge in [-0.3, -0.25) is 4.79 Å². The number of aryl methyl sites for hydroxylation is 1. The van der Waals surface area contributed by atoms with Gasteiger partial charge in [-0.2, -0.15) is 0 Å². The number of carbonyl (C=O) groups excluding carboxylic acids is 1. The van der Waals surface area contributed by atoms with Gasteiger partial charge in [-0.15, -0.1) is 0 Å². The zero-order valence-electron chi connectivity index (χ0n) is 7.23. The summed E-state index contributed by atoms with van der Waals surface area (Å²) < 4.78 is 0. The van der Waals surface area contributed by atoms with Gasteiger partial charge in [0.2, 0.25) is 0 Å². The molecule has 1 aromatic rings. The Morgan fingerprint density at radius 1 is 1.38 bits per heavy atom. The highest BCUT2D eigenvalue weighted by Gasteiger charge is 2.05. The van der Waals surface area contributed by atoms with Crippen molar-refractivity contribution in [3.63, 3.8) is 0 Å². The Hall–Kier alpha value is -1.35. The van der Waals surface area contributed by atoms with Crippen molar-refractivity contribution in [3.05, 3.63) is 29.3 Å². The Balaban J connectivity index is 2.91. The number of benzene rings is 1. The van der Waals surface area contributed by atoms with Crippen molar-refractivity contribution in [1.29, 1.82) is 0 Å². The summed E-state index contributed by atoms with van der Waals surface area (Å²) in [6.45, 7) is 0.0912. The fourth-order valence-corrected chi connectivity index (χ4v) is 1.22. The number of aliphatic hydroxyl groups excluding tert-OH is 1. The number of phenolic OH excluding ortho intramolecular Hbond substituents is 1. The Morgan fingerprint density at radius 3 is 2.77 bits per heavy atom. The molecule has 13 heavy (non-hydrogen) atoms. The number of carbonyl (C=O) groups is 1. The van der Waals surface area contributed by atoms with Crippen molar-refractivity contribution < 1.29 is 15.0 Å². The normalized spacial score (nSPS) is 9.92. The van der Waals surface area contributed by atoms with Crippen LogP contribution in [-0.2, 0) is 6.42 Å². The number of aromatic hydroxyl groups is 1. The number of rotatable bonds is 4. The van der Waals surface area contributed by atoms with Crippen molar-refractivity contribution in [2.24, 2.45) is 0 Å². The first-order valence-electron chi connectivity index (χ1n) is 4.16. The summed E-state index contributed by atoms with van der Waals surface area (Å²) in [6, 6.07) is 4.94. The zero-order chi connectivity index (χ0) is 9.68. The largest absolute Gasteiger partial charge is 0.507 e. The molecule has 0 saturated heterocycles. The molecule has 0 spiro atoms. The second-order valence-corrected chi connectivity index (χ2v) is 2.79. The van der Waals surface area contributed by atoms with Crippen LogP contribution in [0.5, 0.6) is 5.75 Å². The fourth-order valence-electron chi connectivity index (χ4n) is 1.22. The van der Waals surface area contributed by atoms with Crippen LogP contribution < -0.4 is 0 Å². The second kappa shape index (κ2) is 4.62. The van der Waals surface area contributed by atoms with E-state index in [4.69, 9.17) is 5.11 Å². The van der Waals surface area contributed by atoms with E-state index < -0.39 is 0 Å². The minimum absolute atomic E-state index is 0.00504. The highest BCUT2D eigenvalue weighted by atomic mass is 16.3. The average Bonchev–Trinajstić information content (AvgIpc) is 2.15. The minimum atomic E-state index is 0.00504. The molecular formula is C10H12O3. The zero-order valence-corrected chi connectivity index (χ0v) is 7.23. The lowest BCUT2D eigenvalue weighted by molar-refractivity contribution is 0.112. The van der Waals surface area contributed by atoms with Crippen molar-refractivity contribution in [2.45, 2.75) is 12.8 Å². The molecule has 0 atom stereocenters. The first kappa shape index (κ1) is 9.74. The van der Waals surface area contributed by atoms with Crippen molar-refractivity contribution in [2.75, 3.05) is 6.61 Å². The first-order valence-corrected chi connectivity index (χ1v) is 4.16. The fraction of sp³-hybridized carbons (Fsp3) is 0.300. The van der Waals surface area contributed by atoms with Gasteiger partial charge < -0.3 is 10.2 Å². The quantitative estimate of drug-likeness (QED) is 0.683. The van der Waals surface area contributed by atoms with Gasteiger partial charge in [0.25, 0.3) is 0 Å². The van der Waals surface area contributed by atoms with E-state index in [9.17, 15) is 9.90 Å². The van der Waals surface area contributed by atoms with Crippen molar-refractivity contribution >= 4 is 6.29 Å². The molecule has 2 N–H and O–H groups in total. The van der Waals surface area contributed by atoms with Gasteiger partial charge in [-0.25, -0.2) is 0 Å². The van der Waals surface area contributed by atoms with Crippen molar-refractivity contribution in [1.82, 2.24) is 0 Å². The van der Waals surface area contributed by atoms with Gasteiger partial charge in [0.1, 0.15) is 5.75 Å². The van der Waals surface area contributed by atoms with E-state index in [1.807, 2.05) is 0 Å². The topological polar surface area (TPSA) is 57.5 Å². The third kappa shape index (κ3) is 2.29. The van der Waals surface area contributed by atoms with E-state index in [2.05, 4.69) is 0 Å². The molecule has 0 heterocycles. The maximum atomic E-state index is 10.6. The summed E-state index contributed by atoms with van der Waals surface area (Å²) in [7, 11) is 0. The molecule has 3 heteroatoms. The third-order valence-corrected chi connectivity index (χ3v) is 1.90. The van der Waals surface area contributed by atoms with Crippen LogP contribution in [0.25, 0.3) is 0 Å². The number of aldehydes is 1. The SMILES string of the molecule is O=Cc1c(O)cccc1CCCO. The van der Waals surface area contributed by atoms with Gasteiger partial charge in [-0.05, 0) is 24.5 Å². The smallest absolute Gasteiger partial charge is 0.154 e. The molecule has 1 rings (SSSR count). The average molecular weight is 180 g/mol. The number of phenols is 1. The van der Waals surface area contributed by atoms with E-state index in [0.29, 0.717) is 24.7 Å². The predicted molar refractivity (Wildman–Crippen MR) is 48.9 cm³/mol. The molecule has 0 unspecified atom stereocenters. The van der Waals surface area contributed by atoms with Crippen LogP contribution in [0.4, 0.5) is 0 Å². The highest BCUT2D eigenvalue weighted by Crippen LogP contribution is 2.19. The molecule has 0 aliphatic carbocycles. The minimum Gasteiger partial charge on any atom is -0.507 e. The third-order valence-electron chi connectivity index (χ3n) is 1.90. The Labute approximate surface area is 76.6 Å². The molecule has 1 aromatic carbocycles. The van der Waals surface area contributed by atoms with Gasteiger partial charge in [-0.1, -0.05) is 12.1 Å². The van der Waals surface area contributed by atoms with Crippen LogP contribution in [0.15, 0.2) is 18.2 Å². The van der Waals surface area contributed by atoms with Crippen LogP contribution in [0, 0.1) is 0 Å². The molecule has 0 amide bonds. The number of hydrogen-bond acceptors (Lipinski definition) is 3. The molecule has 0 aliphatic rings. The highest BCUT2D eigenvalue weighted by molar-refractivity contribution is 5.81.